The van der Waals surface area contributed by atoms with E-state index in [0.717, 1.165) is 22.7 Å². The zero-order valence-electron chi connectivity index (χ0n) is 19.5. The molecular weight excluding hydrogens is 452 g/mol. The maximum Gasteiger partial charge on any atom is 0.242 e. The molecule has 9 heteroatoms. The van der Waals surface area contributed by atoms with Crippen molar-refractivity contribution in [1.29, 1.82) is 0 Å². The largest absolute Gasteiger partial charge is 0.467 e. The Hall–Kier alpha value is -3.43. The molecule has 0 aliphatic carbocycles. The highest BCUT2D eigenvalue weighted by atomic mass is 32.2. The maximum absolute atomic E-state index is 13.2. The molecule has 4 rings (SSSR count). The summed E-state index contributed by atoms with van der Waals surface area (Å²) >= 11 is 0. The Morgan fingerprint density at radius 3 is 2.47 bits per heavy atom. The van der Waals surface area contributed by atoms with E-state index in [1.54, 1.807) is 29.4 Å². The van der Waals surface area contributed by atoms with Crippen LogP contribution < -0.4 is 0 Å². The normalized spacial score (nSPS) is 11.9. The van der Waals surface area contributed by atoms with Gasteiger partial charge in [0, 0.05) is 40.5 Å². The molecule has 0 radical (unpaired) electrons. The van der Waals surface area contributed by atoms with Crippen molar-refractivity contribution in [3.8, 4) is 0 Å². The maximum atomic E-state index is 13.2. The number of nitrogens with zero attached hydrogens (tertiary/aromatic N) is 4. The first-order valence-electron chi connectivity index (χ1n) is 11.0. The summed E-state index contributed by atoms with van der Waals surface area (Å²) in [7, 11) is 1.32. The summed E-state index contributed by atoms with van der Waals surface area (Å²) in [6, 6.07) is 18.4. The first-order chi connectivity index (χ1) is 16.3. The van der Waals surface area contributed by atoms with Gasteiger partial charge in [0.25, 0.3) is 0 Å². The van der Waals surface area contributed by atoms with Gasteiger partial charge in [-0.15, -0.1) is 0 Å². The SMILES string of the molecule is CN(C)S(=O)(=O)c1ccc2c(c1)nc(CCC(=O)N(Cc1ccccc1)Cc1ccco1)n2C. The van der Waals surface area contributed by atoms with Crippen molar-refractivity contribution in [2.75, 3.05) is 14.1 Å². The lowest BCUT2D eigenvalue weighted by atomic mass is 10.2. The third kappa shape index (κ3) is 5.05. The van der Waals surface area contributed by atoms with Crippen LogP contribution in [0.4, 0.5) is 0 Å². The first-order valence-corrected chi connectivity index (χ1v) is 12.4. The predicted molar refractivity (Wildman–Crippen MR) is 129 cm³/mol. The van der Waals surface area contributed by atoms with Crippen LogP contribution in [-0.2, 0) is 41.4 Å². The fourth-order valence-corrected chi connectivity index (χ4v) is 4.75. The Morgan fingerprint density at radius 2 is 1.79 bits per heavy atom. The van der Waals surface area contributed by atoms with Gasteiger partial charge in [-0.1, -0.05) is 30.3 Å². The number of furan rings is 1. The number of benzene rings is 2. The molecule has 0 unspecified atom stereocenters. The van der Waals surface area contributed by atoms with Gasteiger partial charge in [0.1, 0.15) is 11.6 Å². The Kier molecular flexibility index (Phi) is 6.85. The van der Waals surface area contributed by atoms with E-state index in [2.05, 4.69) is 4.98 Å². The van der Waals surface area contributed by atoms with Crippen molar-refractivity contribution in [2.45, 2.75) is 30.8 Å². The van der Waals surface area contributed by atoms with Crippen LogP contribution in [0.3, 0.4) is 0 Å². The number of rotatable bonds is 9. The van der Waals surface area contributed by atoms with E-state index in [-0.39, 0.29) is 17.2 Å². The number of carbonyl (C=O) groups excluding carboxylic acids is 1. The van der Waals surface area contributed by atoms with Crippen LogP contribution in [0.15, 0.2) is 76.2 Å². The second kappa shape index (κ2) is 9.82. The lowest BCUT2D eigenvalue weighted by molar-refractivity contribution is -0.132. The molecule has 0 saturated heterocycles. The number of sulfonamides is 1. The molecule has 0 N–H and O–H groups in total. The van der Waals surface area contributed by atoms with Crippen molar-refractivity contribution in [3.05, 3.63) is 84.1 Å². The Labute approximate surface area is 199 Å². The molecule has 2 aromatic heterocycles. The summed E-state index contributed by atoms with van der Waals surface area (Å²) in [6.07, 6.45) is 2.31. The Morgan fingerprint density at radius 1 is 1.03 bits per heavy atom. The highest BCUT2D eigenvalue weighted by Crippen LogP contribution is 2.22. The standard InChI is InChI=1S/C25H28N4O4S/c1-27(2)34(31,32)21-11-12-23-22(16-21)26-24(28(23)3)13-14-25(30)29(18-20-10-7-15-33-20)17-19-8-5-4-6-9-19/h4-12,15-16H,13-14,17-18H2,1-3H3. The molecule has 0 spiro atoms. The van der Waals surface area contributed by atoms with E-state index in [1.807, 2.05) is 54.1 Å². The lowest BCUT2D eigenvalue weighted by Crippen LogP contribution is -2.30. The van der Waals surface area contributed by atoms with Crippen LogP contribution in [0, 0.1) is 0 Å². The highest BCUT2D eigenvalue weighted by Gasteiger charge is 2.20. The van der Waals surface area contributed by atoms with E-state index in [4.69, 9.17) is 4.42 Å². The molecule has 2 heterocycles. The second-order valence-electron chi connectivity index (χ2n) is 8.34. The van der Waals surface area contributed by atoms with Gasteiger partial charge in [-0.05, 0) is 35.9 Å². The fourth-order valence-electron chi connectivity index (χ4n) is 3.83. The minimum absolute atomic E-state index is 0.0109. The molecule has 4 aromatic rings. The summed E-state index contributed by atoms with van der Waals surface area (Å²) in [5, 5.41) is 0. The number of imidazole rings is 1. The molecule has 8 nitrogen and oxygen atoms in total. The van der Waals surface area contributed by atoms with E-state index in [9.17, 15) is 13.2 Å². The van der Waals surface area contributed by atoms with Gasteiger partial charge in [0.15, 0.2) is 0 Å². The number of aryl methyl sites for hydroxylation is 2. The van der Waals surface area contributed by atoms with Crippen LogP contribution in [0.1, 0.15) is 23.6 Å². The summed E-state index contributed by atoms with van der Waals surface area (Å²) in [4.78, 5) is 19.8. The molecule has 2 aromatic carbocycles. The van der Waals surface area contributed by atoms with Gasteiger partial charge in [0.05, 0.1) is 28.7 Å². The van der Waals surface area contributed by atoms with Gasteiger partial charge < -0.3 is 13.9 Å². The summed E-state index contributed by atoms with van der Waals surface area (Å²) < 4.78 is 33.5. The molecule has 178 valence electrons. The molecular formula is C25H28N4O4S. The van der Waals surface area contributed by atoms with E-state index >= 15 is 0 Å². The predicted octanol–water partition coefficient (Wildman–Crippen LogP) is 3.58. The van der Waals surface area contributed by atoms with Crippen molar-refractivity contribution in [3.63, 3.8) is 0 Å². The zero-order chi connectivity index (χ0) is 24.3. The van der Waals surface area contributed by atoms with Crippen LogP contribution in [0.5, 0.6) is 0 Å². The van der Waals surface area contributed by atoms with E-state index in [0.29, 0.717) is 25.0 Å². The van der Waals surface area contributed by atoms with Gasteiger partial charge in [-0.3, -0.25) is 4.79 Å². The third-order valence-electron chi connectivity index (χ3n) is 5.78. The van der Waals surface area contributed by atoms with Crippen molar-refractivity contribution >= 4 is 27.0 Å². The van der Waals surface area contributed by atoms with Gasteiger partial charge in [-0.25, -0.2) is 17.7 Å². The molecule has 0 aliphatic heterocycles. The third-order valence-corrected chi connectivity index (χ3v) is 7.59. The highest BCUT2D eigenvalue weighted by molar-refractivity contribution is 7.89. The molecule has 0 atom stereocenters. The number of fused-ring (bicyclic) bond motifs is 1. The topological polar surface area (TPSA) is 88.7 Å². The number of amides is 1. The first kappa shape index (κ1) is 23.7. The lowest BCUT2D eigenvalue weighted by Gasteiger charge is -2.22. The molecule has 0 aliphatic rings. The number of hydrogen-bond acceptors (Lipinski definition) is 5. The van der Waals surface area contributed by atoms with Gasteiger partial charge in [-0.2, -0.15) is 0 Å². The van der Waals surface area contributed by atoms with Gasteiger partial charge >= 0.3 is 0 Å². The zero-order valence-corrected chi connectivity index (χ0v) is 20.3. The minimum Gasteiger partial charge on any atom is -0.467 e. The smallest absolute Gasteiger partial charge is 0.242 e. The monoisotopic (exact) mass is 480 g/mol. The average molecular weight is 481 g/mol. The van der Waals surface area contributed by atoms with Crippen molar-refractivity contribution < 1.29 is 17.6 Å². The van der Waals surface area contributed by atoms with Crippen molar-refractivity contribution in [1.82, 2.24) is 18.8 Å². The second-order valence-corrected chi connectivity index (χ2v) is 10.5. The Balaban J connectivity index is 1.52. The summed E-state index contributed by atoms with van der Waals surface area (Å²) in [6.45, 7) is 0.865. The summed E-state index contributed by atoms with van der Waals surface area (Å²) in [5.74, 6) is 1.44. The number of carbonyl (C=O) groups is 1. The van der Waals surface area contributed by atoms with Crippen LogP contribution in [0.25, 0.3) is 11.0 Å². The minimum atomic E-state index is -3.55. The fraction of sp³-hybridized carbons (Fsp3) is 0.280. The quantitative estimate of drug-likeness (QED) is 0.365. The van der Waals surface area contributed by atoms with Crippen LogP contribution in [0.2, 0.25) is 0 Å². The molecule has 34 heavy (non-hydrogen) atoms. The van der Waals surface area contributed by atoms with Gasteiger partial charge in [0.2, 0.25) is 15.9 Å². The van der Waals surface area contributed by atoms with Crippen LogP contribution >= 0.6 is 0 Å². The molecule has 0 bridgehead atoms. The van der Waals surface area contributed by atoms with E-state index in [1.165, 1.54) is 18.4 Å². The van der Waals surface area contributed by atoms with E-state index < -0.39 is 10.0 Å². The van der Waals surface area contributed by atoms with Crippen LogP contribution in [-0.4, -0.2) is 47.2 Å². The average Bonchev–Trinajstić information content (AvgIpc) is 3.45. The molecule has 1 amide bonds. The van der Waals surface area contributed by atoms with Crippen molar-refractivity contribution in [2.24, 2.45) is 7.05 Å². The Bertz CT molecular complexity index is 1380. The molecule has 0 fully saturated rings. The number of aromatic nitrogens is 2. The summed E-state index contributed by atoms with van der Waals surface area (Å²) in [5.41, 5.74) is 2.45. The number of hydrogen-bond donors (Lipinski definition) is 0. The molecule has 0 saturated carbocycles.